The third-order valence-corrected chi connectivity index (χ3v) is 2.91. The number of hydrogen-bond donors (Lipinski definition) is 0. The zero-order chi connectivity index (χ0) is 14.0. The molecule has 0 bridgehead atoms. The van der Waals surface area contributed by atoms with Crippen molar-refractivity contribution >= 4 is 11.5 Å². The van der Waals surface area contributed by atoms with E-state index in [0.29, 0.717) is 5.56 Å². The van der Waals surface area contributed by atoms with E-state index in [4.69, 9.17) is 0 Å². The number of benzene rings is 1. The minimum Gasteiger partial charge on any atom is -0.314 e. The largest absolute Gasteiger partial charge is 0.314 e. The smallest absolute Gasteiger partial charge is 0.269 e. The first-order valence-corrected chi connectivity index (χ1v) is 5.63. The zero-order valence-corrected chi connectivity index (χ0v) is 10.5. The maximum Gasteiger partial charge on any atom is 0.269 e. The van der Waals surface area contributed by atoms with Crippen molar-refractivity contribution in [3.05, 3.63) is 52.1 Å². The van der Waals surface area contributed by atoms with Crippen molar-refractivity contribution in [2.45, 2.75) is 12.8 Å². The maximum atomic E-state index is 12.2. The van der Waals surface area contributed by atoms with Crippen molar-refractivity contribution in [3.8, 4) is 0 Å². The van der Waals surface area contributed by atoms with Gasteiger partial charge < -0.3 is 4.57 Å². The van der Waals surface area contributed by atoms with Crippen LogP contribution < -0.4 is 0 Å². The first-order valence-electron chi connectivity index (χ1n) is 5.63. The van der Waals surface area contributed by atoms with Crippen LogP contribution >= 0.6 is 0 Å². The lowest BCUT2D eigenvalue weighted by molar-refractivity contribution is -0.384. The predicted molar refractivity (Wildman–Crippen MR) is 66.8 cm³/mol. The summed E-state index contributed by atoms with van der Waals surface area (Å²) < 4.78 is 1.52. The second kappa shape index (κ2) is 4.97. The van der Waals surface area contributed by atoms with Gasteiger partial charge in [-0.1, -0.05) is 19.1 Å². The molecule has 19 heavy (non-hydrogen) atoms. The molecule has 0 fully saturated rings. The van der Waals surface area contributed by atoms with Gasteiger partial charge in [0.05, 0.1) is 4.92 Å². The van der Waals surface area contributed by atoms with Gasteiger partial charge in [-0.2, -0.15) is 0 Å². The number of hydrogen-bond acceptors (Lipinski definition) is 5. The summed E-state index contributed by atoms with van der Waals surface area (Å²) in [5, 5.41) is 18.1. The molecule has 0 spiro atoms. The van der Waals surface area contributed by atoms with Crippen LogP contribution in [0.3, 0.4) is 0 Å². The fraction of sp³-hybridized carbons (Fsp3) is 0.250. The summed E-state index contributed by atoms with van der Waals surface area (Å²) in [5.74, 6) is -0.498. The van der Waals surface area contributed by atoms with E-state index in [1.165, 1.54) is 23.0 Å². The van der Waals surface area contributed by atoms with Crippen molar-refractivity contribution < 1.29 is 9.72 Å². The maximum absolute atomic E-state index is 12.2. The Balaban J connectivity index is 2.32. The van der Waals surface area contributed by atoms with E-state index < -0.39 is 10.8 Å². The summed E-state index contributed by atoms with van der Waals surface area (Å²) in [5.41, 5.74) is 0.553. The minimum atomic E-state index is -0.511. The first kappa shape index (κ1) is 12.9. The summed E-state index contributed by atoms with van der Waals surface area (Å²) in [4.78, 5) is 22.5. The molecule has 98 valence electrons. The Morgan fingerprint density at radius 1 is 1.47 bits per heavy atom. The number of rotatable bonds is 4. The molecular formula is C12H12N4O3. The third kappa shape index (κ3) is 2.49. The standard InChI is InChI=1S/C12H12N4O3/c1-8(11(17)12-14-13-7-15(12)2)9-4-3-5-10(6-9)16(18)19/h3-8H,1-2H3. The average molecular weight is 260 g/mol. The van der Waals surface area contributed by atoms with Crippen molar-refractivity contribution in [2.24, 2.45) is 7.05 Å². The average Bonchev–Trinajstić information content (AvgIpc) is 2.83. The lowest BCUT2D eigenvalue weighted by atomic mass is 9.96. The number of nitrogens with zero attached hydrogens (tertiary/aromatic N) is 4. The molecule has 0 radical (unpaired) electrons. The van der Waals surface area contributed by atoms with E-state index in [0.717, 1.165) is 0 Å². The number of nitro benzene ring substituents is 1. The van der Waals surface area contributed by atoms with Crippen LogP contribution in [-0.4, -0.2) is 25.5 Å². The summed E-state index contributed by atoms with van der Waals surface area (Å²) in [6, 6.07) is 6.04. The van der Waals surface area contributed by atoms with Crippen LogP contribution in [0, 0.1) is 10.1 Å². The summed E-state index contributed by atoms with van der Waals surface area (Å²) in [6.07, 6.45) is 1.44. The highest BCUT2D eigenvalue weighted by Gasteiger charge is 2.22. The number of aromatic nitrogens is 3. The van der Waals surface area contributed by atoms with Crippen molar-refractivity contribution in [3.63, 3.8) is 0 Å². The number of aryl methyl sites for hydroxylation is 1. The minimum absolute atomic E-state index is 0.0323. The summed E-state index contributed by atoms with van der Waals surface area (Å²) in [7, 11) is 1.67. The molecule has 0 N–H and O–H groups in total. The number of carbonyl (C=O) groups is 1. The highest BCUT2D eigenvalue weighted by molar-refractivity contribution is 5.97. The van der Waals surface area contributed by atoms with Crippen molar-refractivity contribution in [2.75, 3.05) is 0 Å². The monoisotopic (exact) mass is 260 g/mol. The third-order valence-electron chi connectivity index (χ3n) is 2.91. The first-order chi connectivity index (χ1) is 9.00. The molecular weight excluding hydrogens is 248 g/mol. The molecule has 2 aromatic rings. The Morgan fingerprint density at radius 2 is 2.21 bits per heavy atom. The van der Waals surface area contributed by atoms with Gasteiger partial charge in [0.2, 0.25) is 5.78 Å². The van der Waals surface area contributed by atoms with Gasteiger partial charge in [0.15, 0.2) is 5.82 Å². The van der Waals surface area contributed by atoms with E-state index in [2.05, 4.69) is 10.2 Å². The van der Waals surface area contributed by atoms with Crippen molar-refractivity contribution in [1.29, 1.82) is 0 Å². The molecule has 0 saturated heterocycles. The molecule has 7 nitrogen and oxygen atoms in total. The van der Waals surface area contributed by atoms with Crippen LogP contribution in [0.1, 0.15) is 29.0 Å². The quantitative estimate of drug-likeness (QED) is 0.474. The lowest BCUT2D eigenvalue weighted by Gasteiger charge is -2.09. The molecule has 1 aromatic heterocycles. The Morgan fingerprint density at radius 3 is 2.79 bits per heavy atom. The van der Waals surface area contributed by atoms with E-state index in [1.54, 1.807) is 26.1 Å². The molecule has 7 heteroatoms. The van der Waals surface area contributed by atoms with Gasteiger partial charge in [-0.25, -0.2) is 0 Å². The fourth-order valence-electron chi connectivity index (χ4n) is 1.76. The molecule has 1 unspecified atom stereocenters. The number of carbonyl (C=O) groups excluding carboxylic acids is 1. The van der Waals surface area contributed by atoms with Crippen LogP contribution in [0.4, 0.5) is 5.69 Å². The summed E-state index contributed by atoms with van der Waals surface area (Å²) in [6.45, 7) is 1.69. The molecule has 0 aliphatic carbocycles. The summed E-state index contributed by atoms with van der Waals surface area (Å²) >= 11 is 0. The molecule has 1 heterocycles. The van der Waals surface area contributed by atoms with Crippen LogP contribution in [0.5, 0.6) is 0 Å². The van der Waals surface area contributed by atoms with Crippen LogP contribution in [0.2, 0.25) is 0 Å². The zero-order valence-electron chi connectivity index (χ0n) is 10.5. The van der Waals surface area contributed by atoms with E-state index in [-0.39, 0.29) is 17.3 Å². The van der Waals surface area contributed by atoms with Crippen molar-refractivity contribution in [1.82, 2.24) is 14.8 Å². The predicted octanol–water partition coefficient (Wildman–Crippen LogP) is 1.71. The molecule has 2 rings (SSSR count). The Labute approximate surface area is 109 Å². The van der Waals surface area contributed by atoms with Gasteiger partial charge in [0.1, 0.15) is 6.33 Å². The van der Waals surface area contributed by atoms with Crippen LogP contribution in [-0.2, 0) is 7.05 Å². The number of Topliss-reactive ketones (excluding diaryl/α,β-unsaturated/α-hetero) is 1. The van der Waals surface area contributed by atoms with Gasteiger partial charge in [0, 0.05) is 25.1 Å². The Hall–Kier alpha value is -2.57. The number of non-ortho nitro benzene ring substituents is 1. The van der Waals surface area contributed by atoms with E-state index in [1.807, 2.05) is 0 Å². The van der Waals surface area contributed by atoms with Gasteiger partial charge >= 0.3 is 0 Å². The second-order valence-corrected chi connectivity index (χ2v) is 4.20. The normalized spacial score (nSPS) is 12.1. The molecule has 0 aliphatic heterocycles. The Bertz CT molecular complexity index is 635. The molecule has 0 amide bonds. The highest BCUT2D eigenvalue weighted by Crippen LogP contribution is 2.23. The molecule has 1 atom stereocenters. The van der Waals surface area contributed by atoms with Gasteiger partial charge in [-0.15, -0.1) is 10.2 Å². The highest BCUT2D eigenvalue weighted by atomic mass is 16.6. The molecule has 1 aromatic carbocycles. The number of nitro groups is 1. The second-order valence-electron chi connectivity index (χ2n) is 4.20. The fourth-order valence-corrected chi connectivity index (χ4v) is 1.76. The van der Waals surface area contributed by atoms with Crippen LogP contribution in [0.25, 0.3) is 0 Å². The van der Waals surface area contributed by atoms with E-state index in [9.17, 15) is 14.9 Å². The molecule has 0 saturated carbocycles. The van der Waals surface area contributed by atoms with Gasteiger partial charge in [0.25, 0.3) is 5.69 Å². The van der Waals surface area contributed by atoms with Gasteiger partial charge in [-0.05, 0) is 5.56 Å². The van der Waals surface area contributed by atoms with Gasteiger partial charge in [-0.3, -0.25) is 14.9 Å². The lowest BCUT2D eigenvalue weighted by Crippen LogP contribution is -2.14. The van der Waals surface area contributed by atoms with E-state index >= 15 is 0 Å². The van der Waals surface area contributed by atoms with Crippen LogP contribution in [0.15, 0.2) is 30.6 Å². The molecule has 0 aliphatic rings. The number of ketones is 1. The SMILES string of the molecule is CC(C(=O)c1nncn1C)c1cccc([N+](=O)[O-])c1. The Kier molecular flexibility index (Phi) is 3.37. The topological polar surface area (TPSA) is 90.9 Å².